The van der Waals surface area contributed by atoms with Gasteiger partial charge in [-0.1, -0.05) is 30.3 Å². The average molecular weight is 451 g/mol. The van der Waals surface area contributed by atoms with E-state index in [2.05, 4.69) is 9.97 Å². The number of aromatic nitrogens is 3. The number of benzene rings is 2. The topological polar surface area (TPSA) is 50.7 Å². The highest BCUT2D eigenvalue weighted by Crippen LogP contribution is 2.27. The highest BCUT2D eigenvalue weighted by Gasteiger charge is 2.22. The number of nitrogens with zero attached hydrogens (tertiary/aromatic N) is 2. The maximum absolute atomic E-state index is 14.5. The fraction of sp³-hybridized carbons (Fsp3) is 0.0833. The summed E-state index contributed by atoms with van der Waals surface area (Å²) in [4.78, 5) is 21.7. The number of fused-ring (bicyclic) bond motifs is 1. The van der Waals surface area contributed by atoms with Crippen LogP contribution in [0.3, 0.4) is 0 Å². The van der Waals surface area contributed by atoms with Gasteiger partial charge in [-0.25, -0.2) is 18.2 Å². The number of aromatic amines is 1. The SMILES string of the molecule is O=c1c(Cc2cccs2)nc2c(Cc3ccccc3F)[nH]c(-c3cccc(F)c3F)cn1-2. The summed E-state index contributed by atoms with van der Waals surface area (Å²) in [6.45, 7) is 0. The highest BCUT2D eigenvalue weighted by molar-refractivity contribution is 7.09. The van der Waals surface area contributed by atoms with Crippen LogP contribution in [0.5, 0.6) is 0 Å². The quantitative estimate of drug-likeness (QED) is 0.393. The molecule has 3 heterocycles. The first-order chi connectivity index (χ1) is 15.5. The Morgan fingerprint density at radius 2 is 1.75 bits per heavy atom. The predicted molar refractivity (Wildman–Crippen MR) is 117 cm³/mol. The Morgan fingerprint density at radius 1 is 0.938 bits per heavy atom. The second-order valence-electron chi connectivity index (χ2n) is 7.33. The van der Waals surface area contributed by atoms with E-state index in [0.29, 0.717) is 29.2 Å². The van der Waals surface area contributed by atoms with Gasteiger partial charge in [0.25, 0.3) is 5.56 Å². The number of rotatable bonds is 5. The van der Waals surface area contributed by atoms with Crippen LogP contribution in [0, 0.1) is 17.5 Å². The van der Waals surface area contributed by atoms with Crippen LogP contribution in [-0.2, 0) is 12.8 Å². The normalized spacial score (nSPS) is 11.3. The Bertz CT molecular complexity index is 1440. The maximum atomic E-state index is 14.5. The molecule has 0 radical (unpaired) electrons. The number of hydrogen-bond acceptors (Lipinski definition) is 3. The van der Waals surface area contributed by atoms with Crippen molar-refractivity contribution in [3.8, 4) is 17.1 Å². The fourth-order valence-electron chi connectivity index (χ4n) is 3.67. The zero-order valence-corrected chi connectivity index (χ0v) is 17.4. The third kappa shape index (κ3) is 3.62. The lowest BCUT2D eigenvalue weighted by Gasteiger charge is -2.14. The van der Waals surface area contributed by atoms with Gasteiger partial charge >= 0.3 is 0 Å². The van der Waals surface area contributed by atoms with E-state index in [0.717, 1.165) is 10.9 Å². The van der Waals surface area contributed by atoms with Gasteiger partial charge < -0.3 is 4.98 Å². The molecule has 3 aromatic rings. The van der Waals surface area contributed by atoms with Crippen molar-refractivity contribution in [3.63, 3.8) is 0 Å². The lowest BCUT2D eigenvalue weighted by atomic mass is 10.1. The van der Waals surface area contributed by atoms with E-state index in [9.17, 15) is 18.0 Å². The summed E-state index contributed by atoms with van der Waals surface area (Å²) in [7, 11) is 0. The van der Waals surface area contributed by atoms with E-state index in [-0.39, 0.29) is 23.2 Å². The lowest BCUT2D eigenvalue weighted by molar-refractivity contribution is 0.511. The van der Waals surface area contributed by atoms with Crippen LogP contribution in [-0.4, -0.2) is 14.5 Å². The molecule has 2 aromatic carbocycles. The molecule has 2 aliphatic heterocycles. The summed E-state index contributed by atoms with van der Waals surface area (Å²) in [5, 5.41) is 1.91. The van der Waals surface area contributed by atoms with Crippen molar-refractivity contribution in [2.24, 2.45) is 0 Å². The van der Waals surface area contributed by atoms with Crippen molar-refractivity contribution in [2.75, 3.05) is 0 Å². The predicted octanol–water partition coefficient (Wildman–Crippen LogP) is 5.33. The molecule has 1 aromatic heterocycles. The molecule has 1 N–H and O–H groups in total. The molecule has 32 heavy (non-hydrogen) atoms. The van der Waals surface area contributed by atoms with Gasteiger partial charge in [-0.05, 0) is 35.2 Å². The molecule has 2 aliphatic rings. The van der Waals surface area contributed by atoms with Crippen LogP contribution in [0.4, 0.5) is 13.2 Å². The molecule has 0 amide bonds. The summed E-state index contributed by atoms with van der Waals surface area (Å²) < 4.78 is 44.0. The van der Waals surface area contributed by atoms with E-state index in [1.165, 1.54) is 40.3 Å². The molecule has 0 aliphatic carbocycles. The Kier molecular flexibility index (Phi) is 5.14. The van der Waals surface area contributed by atoms with E-state index in [1.807, 2.05) is 17.5 Å². The number of hydrogen-bond donors (Lipinski definition) is 1. The van der Waals surface area contributed by atoms with Crippen molar-refractivity contribution in [3.05, 3.63) is 116 Å². The first-order valence-electron chi connectivity index (χ1n) is 9.84. The largest absolute Gasteiger partial charge is 0.354 e. The van der Waals surface area contributed by atoms with Crippen molar-refractivity contribution in [1.29, 1.82) is 0 Å². The minimum Gasteiger partial charge on any atom is -0.354 e. The van der Waals surface area contributed by atoms with Crippen LogP contribution in [0.2, 0.25) is 0 Å². The first-order valence-corrected chi connectivity index (χ1v) is 10.7. The molecule has 160 valence electrons. The number of nitrogens with one attached hydrogen (secondary N) is 1. The fourth-order valence-corrected chi connectivity index (χ4v) is 4.38. The van der Waals surface area contributed by atoms with Crippen LogP contribution < -0.4 is 5.56 Å². The molecular formula is C24H16F3N3OS. The highest BCUT2D eigenvalue weighted by atomic mass is 32.1. The van der Waals surface area contributed by atoms with E-state index in [1.54, 1.807) is 18.2 Å². The molecule has 0 bridgehead atoms. The molecule has 4 nitrogen and oxygen atoms in total. The van der Waals surface area contributed by atoms with Gasteiger partial charge in [0, 0.05) is 29.5 Å². The minimum absolute atomic E-state index is 0.0328. The van der Waals surface area contributed by atoms with E-state index >= 15 is 0 Å². The second-order valence-corrected chi connectivity index (χ2v) is 8.36. The molecule has 0 saturated heterocycles. The van der Waals surface area contributed by atoms with Crippen molar-refractivity contribution >= 4 is 11.3 Å². The van der Waals surface area contributed by atoms with Crippen LogP contribution in [0.25, 0.3) is 17.1 Å². The standard InChI is InChI=1S/C24H16F3N3OS/c25-17-8-2-1-5-14(17)11-19-23-29-20(12-15-6-4-10-32-15)24(31)30(23)13-21(28-19)16-7-3-9-18(26)22(16)27/h1-10,13,28H,11-12H2. The van der Waals surface area contributed by atoms with Crippen molar-refractivity contribution in [2.45, 2.75) is 12.8 Å². The van der Waals surface area contributed by atoms with E-state index in [4.69, 9.17) is 0 Å². The average Bonchev–Trinajstić information content (AvgIpc) is 3.41. The van der Waals surface area contributed by atoms with Crippen LogP contribution in [0.1, 0.15) is 21.8 Å². The molecular weight excluding hydrogens is 435 g/mol. The third-order valence-electron chi connectivity index (χ3n) is 5.24. The van der Waals surface area contributed by atoms with Gasteiger partial charge in [-0.3, -0.25) is 9.36 Å². The van der Waals surface area contributed by atoms with Gasteiger partial charge in [0.15, 0.2) is 17.5 Å². The lowest BCUT2D eigenvalue weighted by Crippen LogP contribution is -2.18. The zero-order valence-electron chi connectivity index (χ0n) is 16.6. The van der Waals surface area contributed by atoms with Gasteiger partial charge in [0.2, 0.25) is 0 Å². The summed E-state index contributed by atoms with van der Waals surface area (Å²) in [6.07, 6.45) is 1.85. The Balaban J connectivity index is 1.71. The van der Waals surface area contributed by atoms with Crippen molar-refractivity contribution in [1.82, 2.24) is 14.5 Å². The van der Waals surface area contributed by atoms with Gasteiger partial charge in [-0.15, -0.1) is 11.3 Å². The van der Waals surface area contributed by atoms with Gasteiger partial charge in [0.1, 0.15) is 11.5 Å². The minimum atomic E-state index is -1.04. The summed E-state index contributed by atoms with van der Waals surface area (Å²) in [5.41, 5.74) is 0.943. The second kappa shape index (κ2) is 8.12. The maximum Gasteiger partial charge on any atom is 0.278 e. The van der Waals surface area contributed by atoms with Crippen LogP contribution in [0.15, 0.2) is 71.0 Å². The number of imidazole rings is 1. The molecule has 8 heteroatoms. The van der Waals surface area contributed by atoms with Gasteiger partial charge in [-0.2, -0.15) is 0 Å². The Hall–Kier alpha value is -3.65. The van der Waals surface area contributed by atoms with Crippen molar-refractivity contribution < 1.29 is 13.2 Å². The van der Waals surface area contributed by atoms with E-state index < -0.39 is 17.5 Å². The monoisotopic (exact) mass is 451 g/mol. The summed E-state index contributed by atoms with van der Waals surface area (Å²) in [6, 6.07) is 13.9. The molecule has 0 unspecified atom stereocenters. The molecule has 0 spiro atoms. The van der Waals surface area contributed by atoms with Gasteiger partial charge in [0.05, 0.1) is 11.4 Å². The number of thiophene rings is 1. The third-order valence-corrected chi connectivity index (χ3v) is 6.11. The smallest absolute Gasteiger partial charge is 0.278 e. The summed E-state index contributed by atoms with van der Waals surface area (Å²) >= 11 is 1.51. The number of H-pyrrole nitrogens is 1. The first kappa shape index (κ1) is 20.3. The number of halogens is 3. The molecule has 0 fully saturated rings. The molecule has 5 rings (SSSR count). The zero-order chi connectivity index (χ0) is 22.2. The Labute approximate surface area is 185 Å². The Morgan fingerprint density at radius 3 is 2.53 bits per heavy atom. The molecule has 0 saturated carbocycles. The molecule has 0 atom stereocenters. The van der Waals surface area contributed by atoms with Crippen LogP contribution >= 0.6 is 11.3 Å². The summed E-state index contributed by atoms with van der Waals surface area (Å²) in [5.74, 6) is -2.12.